The van der Waals surface area contributed by atoms with E-state index in [4.69, 9.17) is 19.7 Å². The highest BCUT2D eigenvalue weighted by molar-refractivity contribution is 6.04. The van der Waals surface area contributed by atoms with Gasteiger partial charge in [-0.25, -0.2) is 9.59 Å². The Labute approximate surface area is 162 Å². The SMILES string of the molecule is O=C1C=CC(=O)O1.O=C1OC(=O)C2CCCCC12.OCCOCCOCCO. The van der Waals surface area contributed by atoms with Gasteiger partial charge in [-0.2, -0.15) is 0 Å². The number of aliphatic hydroxyl groups excluding tert-OH is 2. The predicted octanol–water partition coefficient (Wildman–Crippen LogP) is -0.494. The average molecular weight is 402 g/mol. The summed E-state index contributed by atoms with van der Waals surface area (Å²) in [7, 11) is 0. The molecule has 0 amide bonds. The first-order valence-corrected chi connectivity index (χ1v) is 9.06. The Balaban J connectivity index is 0.000000215. The highest BCUT2D eigenvalue weighted by Gasteiger charge is 2.44. The van der Waals surface area contributed by atoms with Gasteiger partial charge in [0.2, 0.25) is 0 Å². The maximum atomic E-state index is 11.0. The monoisotopic (exact) mass is 402 g/mol. The van der Waals surface area contributed by atoms with E-state index in [9.17, 15) is 19.2 Å². The third-order valence-electron chi connectivity index (χ3n) is 3.97. The summed E-state index contributed by atoms with van der Waals surface area (Å²) < 4.78 is 18.2. The predicted molar refractivity (Wildman–Crippen MR) is 92.6 cm³/mol. The van der Waals surface area contributed by atoms with Crippen LogP contribution in [-0.2, 0) is 38.1 Å². The van der Waals surface area contributed by atoms with Gasteiger partial charge >= 0.3 is 23.9 Å². The van der Waals surface area contributed by atoms with Gasteiger partial charge in [0.25, 0.3) is 0 Å². The van der Waals surface area contributed by atoms with Crippen molar-refractivity contribution < 1.29 is 48.3 Å². The smallest absolute Gasteiger partial charge is 0.338 e. The first kappa shape index (κ1) is 23.9. The molecule has 3 aliphatic rings. The van der Waals surface area contributed by atoms with E-state index in [-0.39, 0.29) is 37.0 Å². The van der Waals surface area contributed by atoms with Crippen LogP contribution in [0.4, 0.5) is 0 Å². The number of aliphatic hydroxyl groups is 2. The molecule has 3 rings (SSSR count). The zero-order chi connectivity index (χ0) is 20.8. The van der Waals surface area contributed by atoms with Gasteiger partial charge in [0, 0.05) is 12.2 Å². The van der Waals surface area contributed by atoms with Gasteiger partial charge in [0.15, 0.2) is 0 Å². The molecule has 1 aliphatic carbocycles. The molecule has 2 N–H and O–H groups in total. The third kappa shape index (κ3) is 9.18. The van der Waals surface area contributed by atoms with Crippen molar-refractivity contribution in [2.24, 2.45) is 11.8 Å². The normalized spacial score (nSPS) is 22.5. The van der Waals surface area contributed by atoms with Crippen LogP contribution in [0.1, 0.15) is 25.7 Å². The number of hydrogen-bond acceptors (Lipinski definition) is 10. The summed E-state index contributed by atoms with van der Waals surface area (Å²) in [6, 6.07) is 0. The fourth-order valence-electron chi connectivity index (χ4n) is 2.70. The Morgan fingerprint density at radius 2 is 1.18 bits per heavy atom. The maximum absolute atomic E-state index is 11.0. The highest BCUT2D eigenvalue weighted by atomic mass is 16.6. The second kappa shape index (κ2) is 13.9. The van der Waals surface area contributed by atoms with Gasteiger partial charge in [-0.05, 0) is 12.8 Å². The number of cyclic esters (lactones) is 4. The first-order valence-electron chi connectivity index (χ1n) is 9.06. The van der Waals surface area contributed by atoms with Crippen molar-refractivity contribution in [1.82, 2.24) is 0 Å². The summed E-state index contributed by atoms with van der Waals surface area (Å²) in [5.74, 6) is -1.94. The molecule has 1 saturated heterocycles. The van der Waals surface area contributed by atoms with E-state index in [0.29, 0.717) is 26.4 Å². The van der Waals surface area contributed by atoms with Crippen LogP contribution in [0.2, 0.25) is 0 Å². The van der Waals surface area contributed by atoms with Crippen molar-refractivity contribution in [2.75, 3.05) is 39.6 Å². The number of esters is 4. The molecule has 2 atom stereocenters. The molecule has 2 aliphatic heterocycles. The summed E-state index contributed by atoms with van der Waals surface area (Å²) >= 11 is 0. The molecular weight excluding hydrogens is 376 g/mol. The van der Waals surface area contributed by atoms with Gasteiger partial charge in [-0.15, -0.1) is 0 Å². The van der Waals surface area contributed by atoms with Gasteiger partial charge in [0.05, 0.1) is 51.5 Å². The molecule has 2 heterocycles. The Bertz CT molecular complexity index is 511. The van der Waals surface area contributed by atoms with E-state index >= 15 is 0 Å². The third-order valence-corrected chi connectivity index (χ3v) is 3.97. The minimum absolute atomic E-state index is 0.0417. The molecule has 28 heavy (non-hydrogen) atoms. The number of rotatable bonds is 7. The zero-order valence-corrected chi connectivity index (χ0v) is 15.5. The molecular formula is C18H26O10. The number of ether oxygens (including phenoxy) is 4. The molecule has 0 aromatic rings. The van der Waals surface area contributed by atoms with Crippen LogP contribution >= 0.6 is 0 Å². The lowest BCUT2D eigenvalue weighted by molar-refractivity contribution is -0.154. The van der Waals surface area contributed by atoms with E-state index < -0.39 is 11.9 Å². The molecule has 158 valence electrons. The molecule has 10 heteroatoms. The summed E-state index contributed by atoms with van der Waals surface area (Å²) in [5, 5.41) is 16.5. The van der Waals surface area contributed by atoms with Crippen molar-refractivity contribution in [3.63, 3.8) is 0 Å². The van der Waals surface area contributed by atoms with Crippen LogP contribution < -0.4 is 0 Å². The Hall–Kier alpha value is -2.14. The van der Waals surface area contributed by atoms with E-state index in [0.717, 1.165) is 37.8 Å². The van der Waals surface area contributed by atoms with Gasteiger partial charge in [-0.1, -0.05) is 12.8 Å². The minimum Gasteiger partial charge on any atom is -0.394 e. The summed E-state index contributed by atoms with van der Waals surface area (Å²) in [6.07, 6.45) is 5.97. The molecule has 0 aromatic carbocycles. The lowest BCUT2D eigenvalue weighted by Gasteiger charge is -2.18. The zero-order valence-electron chi connectivity index (χ0n) is 15.5. The number of fused-ring (bicyclic) bond motifs is 1. The van der Waals surface area contributed by atoms with E-state index in [2.05, 4.69) is 9.47 Å². The fourth-order valence-corrected chi connectivity index (χ4v) is 2.70. The quantitative estimate of drug-likeness (QED) is 0.325. The maximum Gasteiger partial charge on any atom is 0.338 e. The molecule has 0 aromatic heterocycles. The largest absolute Gasteiger partial charge is 0.394 e. The van der Waals surface area contributed by atoms with Crippen LogP contribution in [0.15, 0.2) is 12.2 Å². The second-order valence-corrected chi connectivity index (χ2v) is 5.98. The molecule has 2 unspecified atom stereocenters. The Morgan fingerprint density at radius 3 is 1.50 bits per heavy atom. The van der Waals surface area contributed by atoms with Crippen LogP contribution in [0.25, 0.3) is 0 Å². The van der Waals surface area contributed by atoms with Crippen molar-refractivity contribution in [3.05, 3.63) is 12.2 Å². The molecule has 0 radical (unpaired) electrons. The standard InChI is InChI=1S/C8H10O3.C6H14O4.C4H2O3/c9-7-5-3-1-2-4-6(5)8(10)11-7;7-1-3-9-5-6-10-4-2-8;5-3-1-2-4(6)7-3/h5-6H,1-4H2;7-8H,1-6H2;1-2H. The van der Waals surface area contributed by atoms with E-state index in [1.54, 1.807) is 0 Å². The van der Waals surface area contributed by atoms with E-state index in [1.165, 1.54) is 0 Å². The number of hydrogen-bond donors (Lipinski definition) is 2. The van der Waals surface area contributed by atoms with Gasteiger partial charge in [-0.3, -0.25) is 9.59 Å². The number of carbonyl (C=O) groups is 4. The number of carbonyl (C=O) groups excluding carboxylic acids is 4. The van der Waals surface area contributed by atoms with Crippen molar-refractivity contribution >= 4 is 23.9 Å². The molecule has 2 fully saturated rings. The summed E-state index contributed by atoms with van der Waals surface area (Å²) in [6.45, 7) is 1.73. The summed E-state index contributed by atoms with van der Waals surface area (Å²) in [5.41, 5.74) is 0. The van der Waals surface area contributed by atoms with Crippen molar-refractivity contribution in [3.8, 4) is 0 Å². The first-order chi connectivity index (χ1) is 13.5. The van der Waals surface area contributed by atoms with Crippen LogP contribution in [0.3, 0.4) is 0 Å². The molecule has 0 spiro atoms. The topological polar surface area (TPSA) is 146 Å². The lowest BCUT2D eigenvalue weighted by Crippen LogP contribution is -2.21. The summed E-state index contributed by atoms with van der Waals surface area (Å²) in [4.78, 5) is 41.8. The minimum atomic E-state index is -0.579. The Morgan fingerprint density at radius 1 is 0.750 bits per heavy atom. The van der Waals surface area contributed by atoms with Crippen LogP contribution in [0.5, 0.6) is 0 Å². The van der Waals surface area contributed by atoms with Crippen molar-refractivity contribution in [1.29, 1.82) is 0 Å². The van der Waals surface area contributed by atoms with Gasteiger partial charge in [0.1, 0.15) is 0 Å². The molecule has 1 saturated carbocycles. The van der Waals surface area contributed by atoms with E-state index in [1.807, 2.05) is 0 Å². The highest BCUT2D eigenvalue weighted by Crippen LogP contribution is 2.36. The molecule has 0 bridgehead atoms. The van der Waals surface area contributed by atoms with Crippen LogP contribution in [-0.4, -0.2) is 73.7 Å². The molecule has 10 nitrogen and oxygen atoms in total. The lowest BCUT2D eigenvalue weighted by atomic mass is 9.81. The second-order valence-electron chi connectivity index (χ2n) is 5.98. The Kier molecular flexibility index (Phi) is 11.9. The van der Waals surface area contributed by atoms with Gasteiger partial charge < -0.3 is 29.2 Å². The van der Waals surface area contributed by atoms with Crippen LogP contribution in [0, 0.1) is 11.8 Å². The fraction of sp³-hybridized carbons (Fsp3) is 0.667. The van der Waals surface area contributed by atoms with Crippen molar-refractivity contribution in [2.45, 2.75) is 25.7 Å². The average Bonchev–Trinajstić information content (AvgIpc) is 3.21.